The molecule has 1 heterocycles. The maximum absolute atomic E-state index is 5.80. The molecule has 3 heteroatoms. The molecule has 0 aromatic heterocycles. The summed E-state index contributed by atoms with van der Waals surface area (Å²) in [6, 6.07) is 6.81. The monoisotopic (exact) mass is 263 g/mol. The van der Waals surface area contributed by atoms with E-state index in [-0.39, 0.29) is 0 Å². The summed E-state index contributed by atoms with van der Waals surface area (Å²) in [5.74, 6) is 1.10. The van der Waals surface area contributed by atoms with Gasteiger partial charge in [-0.2, -0.15) is 0 Å². The van der Waals surface area contributed by atoms with Crippen molar-refractivity contribution < 1.29 is 9.47 Å². The van der Waals surface area contributed by atoms with Crippen LogP contribution in [-0.2, 0) is 11.2 Å². The first-order valence-electron chi connectivity index (χ1n) is 7.42. The smallest absolute Gasteiger partial charge is 0.127 e. The first kappa shape index (κ1) is 14.4. The number of rotatable bonds is 8. The van der Waals surface area contributed by atoms with Gasteiger partial charge in [-0.25, -0.2) is 0 Å². The highest BCUT2D eigenvalue weighted by atomic mass is 16.5. The Morgan fingerprint density at radius 2 is 2.21 bits per heavy atom. The second kappa shape index (κ2) is 7.51. The number of ether oxygens (including phenoxy) is 2. The maximum atomic E-state index is 5.80. The van der Waals surface area contributed by atoms with Crippen molar-refractivity contribution in [2.24, 2.45) is 0 Å². The molecule has 3 nitrogen and oxygen atoms in total. The van der Waals surface area contributed by atoms with Crippen molar-refractivity contribution in [2.75, 3.05) is 26.4 Å². The molecule has 0 aliphatic carbocycles. The van der Waals surface area contributed by atoms with Crippen molar-refractivity contribution in [3.05, 3.63) is 29.3 Å². The minimum absolute atomic E-state index is 0.329. The minimum Gasteiger partial charge on any atom is -0.493 e. The van der Waals surface area contributed by atoms with Crippen molar-refractivity contribution in [3.63, 3.8) is 0 Å². The molecular formula is C16H25NO2. The van der Waals surface area contributed by atoms with Gasteiger partial charge in [-0.15, -0.1) is 0 Å². The Hall–Kier alpha value is -1.06. The van der Waals surface area contributed by atoms with Crippen LogP contribution in [0.4, 0.5) is 0 Å². The Morgan fingerprint density at radius 1 is 1.32 bits per heavy atom. The average molecular weight is 263 g/mol. The molecular weight excluding hydrogens is 238 g/mol. The molecule has 1 atom stereocenters. The van der Waals surface area contributed by atoms with E-state index in [2.05, 4.69) is 37.4 Å². The topological polar surface area (TPSA) is 30.5 Å². The summed E-state index contributed by atoms with van der Waals surface area (Å²) >= 11 is 0. The quantitative estimate of drug-likeness (QED) is 0.731. The van der Waals surface area contributed by atoms with E-state index >= 15 is 0 Å². The van der Waals surface area contributed by atoms with Crippen LogP contribution >= 0.6 is 0 Å². The fourth-order valence-corrected chi connectivity index (χ4v) is 2.58. The predicted octanol–water partition coefficient (Wildman–Crippen LogP) is 3.09. The molecule has 1 N–H and O–H groups in total. The predicted molar refractivity (Wildman–Crippen MR) is 77.8 cm³/mol. The van der Waals surface area contributed by atoms with E-state index in [0.29, 0.717) is 6.04 Å². The van der Waals surface area contributed by atoms with Crippen LogP contribution in [0.15, 0.2) is 18.2 Å². The molecule has 106 valence electrons. The summed E-state index contributed by atoms with van der Waals surface area (Å²) in [5, 5.41) is 3.55. The van der Waals surface area contributed by atoms with Gasteiger partial charge < -0.3 is 14.8 Å². The average Bonchev–Trinajstić information content (AvgIpc) is 2.90. The lowest BCUT2D eigenvalue weighted by atomic mass is 9.99. The molecule has 19 heavy (non-hydrogen) atoms. The summed E-state index contributed by atoms with van der Waals surface area (Å²) in [5.41, 5.74) is 2.63. The van der Waals surface area contributed by atoms with Gasteiger partial charge in [-0.1, -0.05) is 32.0 Å². The number of benzene rings is 1. The Morgan fingerprint density at radius 3 is 3.00 bits per heavy atom. The standard InChI is InChI=1S/C16H25NO2/c1-3-10-18-11-9-15(17-4-2)14-7-5-6-13-8-12-19-16(13)14/h5-7,15,17H,3-4,8-12H2,1-2H3. The van der Waals surface area contributed by atoms with Gasteiger partial charge >= 0.3 is 0 Å². The summed E-state index contributed by atoms with van der Waals surface area (Å²) < 4.78 is 11.4. The van der Waals surface area contributed by atoms with Gasteiger partial charge in [0.2, 0.25) is 0 Å². The van der Waals surface area contributed by atoms with Gasteiger partial charge in [0.1, 0.15) is 5.75 Å². The van der Waals surface area contributed by atoms with Crippen LogP contribution in [0.25, 0.3) is 0 Å². The molecule has 2 rings (SSSR count). The lowest BCUT2D eigenvalue weighted by Gasteiger charge is -2.20. The van der Waals surface area contributed by atoms with Gasteiger partial charge in [0.25, 0.3) is 0 Å². The lowest BCUT2D eigenvalue weighted by Crippen LogP contribution is -2.23. The zero-order valence-corrected chi connectivity index (χ0v) is 12.1. The van der Waals surface area contributed by atoms with Gasteiger partial charge in [0.15, 0.2) is 0 Å². The molecule has 1 aliphatic heterocycles. The van der Waals surface area contributed by atoms with Crippen LogP contribution in [0, 0.1) is 0 Å². The van der Waals surface area contributed by atoms with Crippen LogP contribution < -0.4 is 10.1 Å². The first-order valence-corrected chi connectivity index (χ1v) is 7.42. The molecule has 1 aliphatic rings. The van der Waals surface area contributed by atoms with Crippen molar-refractivity contribution in [1.29, 1.82) is 0 Å². The molecule has 0 fully saturated rings. The highest BCUT2D eigenvalue weighted by Crippen LogP contribution is 2.34. The highest BCUT2D eigenvalue weighted by molar-refractivity contribution is 5.45. The van der Waals surface area contributed by atoms with E-state index in [1.54, 1.807) is 0 Å². The van der Waals surface area contributed by atoms with Crippen molar-refractivity contribution >= 4 is 0 Å². The van der Waals surface area contributed by atoms with E-state index < -0.39 is 0 Å². The van der Waals surface area contributed by atoms with E-state index in [1.165, 1.54) is 11.1 Å². The Kier molecular flexibility index (Phi) is 5.67. The normalized spacial score (nSPS) is 15.1. The van der Waals surface area contributed by atoms with E-state index in [4.69, 9.17) is 9.47 Å². The van der Waals surface area contributed by atoms with Crippen LogP contribution in [0.5, 0.6) is 5.75 Å². The van der Waals surface area contributed by atoms with Gasteiger partial charge in [-0.05, 0) is 24.9 Å². The van der Waals surface area contributed by atoms with Crippen molar-refractivity contribution in [3.8, 4) is 5.75 Å². The molecule has 0 radical (unpaired) electrons. The fraction of sp³-hybridized carbons (Fsp3) is 0.625. The number of para-hydroxylation sites is 1. The SMILES string of the molecule is CCCOCCC(NCC)c1cccc2c1OCC2. The van der Waals surface area contributed by atoms with Crippen molar-refractivity contribution in [1.82, 2.24) is 5.32 Å². The number of hydrogen-bond acceptors (Lipinski definition) is 3. The summed E-state index contributed by atoms with van der Waals surface area (Å²) in [6.07, 6.45) is 3.11. The highest BCUT2D eigenvalue weighted by Gasteiger charge is 2.21. The summed E-state index contributed by atoms with van der Waals surface area (Å²) in [6.45, 7) is 7.71. The number of hydrogen-bond donors (Lipinski definition) is 1. The third kappa shape index (κ3) is 3.71. The molecule has 1 aromatic carbocycles. The van der Waals surface area contributed by atoms with Gasteiger partial charge in [0, 0.05) is 31.2 Å². The van der Waals surface area contributed by atoms with Gasteiger partial charge in [0.05, 0.1) is 6.61 Å². The lowest BCUT2D eigenvalue weighted by molar-refractivity contribution is 0.124. The molecule has 0 bridgehead atoms. The molecule has 1 aromatic rings. The number of nitrogens with one attached hydrogen (secondary N) is 1. The summed E-state index contributed by atoms with van der Waals surface area (Å²) in [7, 11) is 0. The Bertz CT molecular complexity index is 392. The Balaban J connectivity index is 2.04. The molecule has 0 spiro atoms. The van der Waals surface area contributed by atoms with Crippen LogP contribution in [0.3, 0.4) is 0 Å². The second-order valence-electron chi connectivity index (χ2n) is 4.95. The zero-order valence-electron chi connectivity index (χ0n) is 12.1. The molecule has 0 amide bonds. The second-order valence-corrected chi connectivity index (χ2v) is 4.95. The van der Waals surface area contributed by atoms with E-state index in [0.717, 1.165) is 51.4 Å². The first-order chi connectivity index (χ1) is 9.36. The molecule has 0 saturated heterocycles. The summed E-state index contributed by atoms with van der Waals surface area (Å²) in [4.78, 5) is 0. The van der Waals surface area contributed by atoms with Gasteiger partial charge in [-0.3, -0.25) is 0 Å². The molecule has 0 saturated carbocycles. The van der Waals surface area contributed by atoms with Crippen molar-refractivity contribution in [2.45, 2.75) is 39.2 Å². The van der Waals surface area contributed by atoms with E-state index in [1.807, 2.05) is 0 Å². The fourth-order valence-electron chi connectivity index (χ4n) is 2.58. The van der Waals surface area contributed by atoms with Crippen LogP contribution in [-0.4, -0.2) is 26.4 Å². The Labute approximate surface area is 116 Å². The third-order valence-electron chi connectivity index (χ3n) is 3.47. The van der Waals surface area contributed by atoms with Crippen LogP contribution in [0.1, 0.15) is 43.9 Å². The maximum Gasteiger partial charge on any atom is 0.127 e. The zero-order chi connectivity index (χ0) is 13.5. The largest absolute Gasteiger partial charge is 0.493 e. The van der Waals surface area contributed by atoms with Crippen LogP contribution in [0.2, 0.25) is 0 Å². The minimum atomic E-state index is 0.329. The van der Waals surface area contributed by atoms with E-state index in [9.17, 15) is 0 Å². The number of fused-ring (bicyclic) bond motifs is 1. The molecule has 1 unspecified atom stereocenters. The third-order valence-corrected chi connectivity index (χ3v) is 3.47.